The number of nitrogens with one attached hydrogen (secondary N) is 2. The maximum Gasteiger partial charge on any atom is 0.408 e. The molecule has 2 heterocycles. The Balaban J connectivity index is 1.29. The van der Waals surface area contributed by atoms with Crippen molar-refractivity contribution in [3.8, 4) is 11.5 Å². The van der Waals surface area contributed by atoms with Gasteiger partial charge in [0.05, 0.1) is 0 Å². The number of rotatable bonds is 5. The van der Waals surface area contributed by atoms with E-state index in [1.54, 1.807) is 0 Å². The Morgan fingerprint density at radius 1 is 0.978 bits per heavy atom. The number of ether oxygens (including phenoxy) is 2. The zero-order valence-electron chi connectivity index (χ0n) is 26.3. The van der Waals surface area contributed by atoms with Crippen molar-refractivity contribution in [3.63, 3.8) is 0 Å². The van der Waals surface area contributed by atoms with E-state index in [1.807, 2.05) is 61.5 Å². The van der Waals surface area contributed by atoms with Crippen molar-refractivity contribution in [1.29, 1.82) is 0 Å². The van der Waals surface area contributed by atoms with E-state index in [0.717, 1.165) is 61.6 Å². The second-order valence-electron chi connectivity index (χ2n) is 13.2. The average molecular weight is 630 g/mol. The Hall–Kier alpha value is -4.34. The smallest absolute Gasteiger partial charge is 0.408 e. The van der Waals surface area contributed by atoms with Crippen LogP contribution in [0.5, 0.6) is 11.5 Å². The Kier molecular flexibility index (Phi) is 9.33. The summed E-state index contributed by atoms with van der Waals surface area (Å²) in [7, 11) is 0. The number of carbonyl (C=O) groups excluding carboxylic acids is 3. The number of benzene rings is 2. The molecule has 3 amide bonds. The van der Waals surface area contributed by atoms with E-state index in [1.165, 1.54) is 4.90 Å². The van der Waals surface area contributed by atoms with Gasteiger partial charge in [-0.3, -0.25) is 9.59 Å². The molecule has 10 heteroatoms. The lowest BCUT2D eigenvalue weighted by Gasteiger charge is -2.38. The lowest BCUT2D eigenvalue weighted by Crippen LogP contribution is -2.60. The van der Waals surface area contributed by atoms with Crippen LogP contribution >= 0.6 is 0 Å². The van der Waals surface area contributed by atoms with Crippen molar-refractivity contribution in [2.24, 2.45) is 5.92 Å². The monoisotopic (exact) mass is 629 g/mol. The summed E-state index contributed by atoms with van der Waals surface area (Å²) in [5.41, 5.74) is 1.36. The van der Waals surface area contributed by atoms with Crippen LogP contribution in [0.3, 0.4) is 0 Å². The van der Waals surface area contributed by atoms with Gasteiger partial charge in [0.1, 0.15) is 35.2 Å². The number of hydrogen-bond donors (Lipinski definition) is 3. The number of aliphatic carboxylic acids is 1. The molecule has 3 N–H and O–H groups in total. The number of carboxylic acids is 1. The molecule has 4 aliphatic rings. The van der Waals surface area contributed by atoms with E-state index in [9.17, 15) is 24.3 Å². The van der Waals surface area contributed by atoms with Crippen LogP contribution in [-0.4, -0.2) is 57.6 Å². The molecular weight excluding hydrogens is 586 g/mol. The third-order valence-electron chi connectivity index (χ3n) is 9.76. The number of aryl methyl sites for hydroxylation is 1. The van der Waals surface area contributed by atoms with Gasteiger partial charge >= 0.3 is 12.1 Å². The molecule has 2 aliphatic heterocycles. The van der Waals surface area contributed by atoms with Crippen molar-refractivity contribution < 1.29 is 33.8 Å². The van der Waals surface area contributed by atoms with Gasteiger partial charge in [0.2, 0.25) is 11.8 Å². The molecule has 0 saturated heterocycles. The fourth-order valence-corrected chi connectivity index (χ4v) is 7.01. The molecule has 46 heavy (non-hydrogen) atoms. The third kappa shape index (κ3) is 7.06. The fraction of sp³-hybridized carbons (Fsp3) is 0.500. The van der Waals surface area contributed by atoms with Crippen molar-refractivity contribution >= 4 is 23.9 Å². The maximum absolute atomic E-state index is 14.3. The van der Waals surface area contributed by atoms with E-state index >= 15 is 0 Å². The number of nitrogens with zero attached hydrogens (tertiary/aromatic N) is 1. The maximum atomic E-state index is 14.3. The third-order valence-corrected chi connectivity index (χ3v) is 9.76. The van der Waals surface area contributed by atoms with Gasteiger partial charge in [-0.25, -0.2) is 9.59 Å². The summed E-state index contributed by atoms with van der Waals surface area (Å²) in [5, 5.41) is 15.8. The number of carbonyl (C=O) groups is 4. The highest BCUT2D eigenvalue weighted by atomic mass is 16.6. The van der Waals surface area contributed by atoms with Gasteiger partial charge in [0.25, 0.3) is 0 Å². The normalized spacial score (nSPS) is 27.5. The van der Waals surface area contributed by atoms with Crippen LogP contribution in [0.25, 0.3) is 0 Å². The minimum atomic E-state index is -1.40. The first-order valence-corrected chi connectivity index (χ1v) is 16.6. The van der Waals surface area contributed by atoms with Crippen LogP contribution in [0, 0.1) is 12.8 Å². The molecule has 2 aromatic rings. The van der Waals surface area contributed by atoms with Crippen molar-refractivity contribution in [1.82, 2.24) is 15.5 Å². The summed E-state index contributed by atoms with van der Waals surface area (Å²) < 4.78 is 11.8. The number of alkyl carbamates (subject to hydrolysis) is 1. The molecule has 0 radical (unpaired) electrons. The Bertz CT molecular complexity index is 1520. The lowest BCUT2D eigenvalue weighted by molar-refractivity contribution is -0.147. The molecule has 2 fully saturated rings. The molecular formula is C36H43N3O7. The first-order valence-electron chi connectivity index (χ1n) is 16.6. The molecule has 244 valence electrons. The Labute approximate surface area is 269 Å². The van der Waals surface area contributed by atoms with E-state index in [4.69, 9.17) is 9.47 Å². The summed E-state index contributed by atoms with van der Waals surface area (Å²) in [6.45, 7) is 2.12. The van der Waals surface area contributed by atoms with Crippen molar-refractivity contribution in [2.75, 3.05) is 0 Å². The molecule has 1 unspecified atom stereocenters. The molecule has 2 saturated carbocycles. The van der Waals surface area contributed by atoms with Crippen LogP contribution in [0.2, 0.25) is 0 Å². The second-order valence-corrected chi connectivity index (χ2v) is 13.2. The lowest BCUT2D eigenvalue weighted by atomic mass is 9.91. The highest BCUT2D eigenvalue weighted by Gasteiger charge is 2.61. The average Bonchev–Trinajstić information content (AvgIpc) is 3.48. The topological polar surface area (TPSA) is 134 Å². The van der Waals surface area contributed by atoms with Crippen LogP contribution in [0.15, 0.2) is 54.6 Å². The Morgan fingerprint density at radius 3 is 2.54 bits per heavy atom. The quantitative estimate of drug-likeness (QED) is 0.369. The first-order chi connectivity index (χ1) is 22.2. The molecule has 4 atom stereocenters. The van der Waals surface area contributed by atoms with Crippen LogP contribution < -0.4 is 15.4 Å². The summed E-state index contributed by atoms with van der Waals surface area (Å²) in [6, 6.07) is 11.5. The minimum Gasteiger partial charge on any atom is -0.479 e. The molecule has 2 aliphatic carbocycles. The van der Waals surface area contributed by atoms with Crippen LogP contribution in [-0.2, 0) is 32.1 Å². The van der Waals surface area contributed by atoms with E-state index in [0.29, 0.717) is 30.8 Å². The van der Waals surface area contributed by atoms with Crippen molar-refractivity contribution in [2.45, 2.75) is 108 Å². The zero-order chi connectivity index (χ0) is 32.3. The summed E-state index contributed by atoms with van der Waals surface area (Å²) in [4.78, 5) is 55.2. The minimum absolute atomic E-state index is 0.135. The number of fused-ring (bicyclic) bond motifs is 3. The largest absolute Gasteiger partial charge is 0.479 e. The predicted molar refractivity (Wildman–Crippen MR) is 170 cm³/mol. The highest BCUT2D eigenvalue weighted by molar-refractivity contribution is 5.96. The molecule has 10 nitrogen and oxygen atoms in total. The summed E-state index contributed by atoms with van der Waals surface area (Å²) >= 11 is 0. The van der Waals surface area contributed by atoms with Gasteiger partial charge in [-0.2, -0.15) is 0 Å². The van der Waals surface area contributed by atoms with E-state index in [2.05, 4.69) is 10.6 Å². The molecule has 0 bridgehead atoms. The highest BCUT2D eigenvalue weighted by Crippen LogP contribution is 2.45. The summed E-state index contributed by atoms with van der Waals surface area (Å²) in [5.74, 6) is -1.01. The zero-order valence-corrected chi connectivity index (χ0v) is 26.3. The van der Waals surface area contributed by atoms with Gasteiger partial charge in [-0.15, -0.1) is 0 Å². The van der Waals surface area contributed by atoms with Gasteiger partial charge < -0.3 is 30.1 Å². The first kappa shape index (κ1) is 31.6. The fourth-order valence-electron chi connectivity index (χ4n) is 7.01. The standard InChI is InChI=1S/C36H43N3O7/c1-23-10-9-14-28(18-23)45-29-17-16-24-22-39-31(20-25(24)19-29)32(40)38-36(34(42)43)21-26(36)11-5-3-2-4-6-15-30(33(39)41)37-35(44)46-27-12-7-8-13-27/h5,9-11,14,16-19,26-27,30-31H,2-4,6-8,12-13,15,20-22H2,1H3,(H,37,44)(H,38,40)(H,42,43)/b11-5-/t26-,30+,31?,36-/m1/s1. The summed E-state index contributed by atoms with van der Waals surface area (Å²) in [6.07, 6.45) is 10.8. The number of carboxylic acid groups (broad SMARTS) is 1. The van der Waals surface area contributed by atoms with Gasteiger partial charge in [-0.05, 0) is 99.2 Å². The predicted octanol–water partition coefficient (Wildman–Crippen LogP) is 5.56. The van der Waals surface area contributed by atoms with E-state index < -0.39 is 35.6 Å². The number of allylic oxidation sites excluding steroid dienone is 1. The molecule has 2 aromatic carbocycles. The number of hydrogen-bond acceptors (Lipinski definition) is 6. The van der Waals surface area contributed by atoms with Gasteiger partial charge in [0.15, 0.2) is 0 Å². The molecule has 0 aromatic heterocycles. The molecule has 0 spiro atoms. The van der Waals surface area contributed by atoms with Crippen LogP contribution in [0.1, 0.15) is 80.9 Å². The molecule has 6 rings (SSSR count). The van der Waals surface area contributed by atoms with E-state index in [-0.39, 0.29) is 30.9 Å². The Morgan fingerprint density at radius 2 is 1.76 bits per heavy atom. The number of amides is 3. The SMILES string of the molecule is Cc1cccc(Oc2ccc3c(c2)CC2C(=O)N[C@]4(C(=O)O)C[C@H]4/C=C\CCCCC[C@H](NC(=O)OC4CCCC4)C(=O)N2C3)c1. The van der Waals surface area contributed by atoms with Gasteiger partial charge in [0, 0.05) is 18.9 Å². The van der Waals surface area contributed by atoms with Crippen molar-refractivity contribution in [3.05, 3.63) is 71.3 Å². The second kappa shape index (κ2) is 13.6. The van der Waals surface area contributed by atoms with Gasteiger partial charge in [-0.1, -0.05) is 43.2 Å². The van der Waals surface area contributed by atoms with Crippen LogP contribution in [0.4, 0.5) is 4.79 Å².